The van der Waals surface area contributed by atoms with Crippen LogP contribution in [0.4, 0.5) is 0 Å². The number of rotatable bonds is 2. The Balaban J connectivity index is 2.60. The molecule has 0 atom stereocenters. The minimum atomic E-state index is -0.921. The normalized spacial score (nSPS) is 10.6. The van der Waals surface area contributed by atoms with E-state index in [1.807, 2.05) is 0 Å². The summed E-state index contributed by atoms with van der Waals surface area (Å²) in [6, 6.07) is 0. The summed E-state index contributed by atoms with van der Waals surface area (Å²) in [6.45, 7) is 0. The number of carbonyl (C=O) groups is 1. The van der Waals surface area contributed by atoms with Gasteiger partial charge in [-0.05, 0) is 0 Å². The molecule has 0 aliphatic heterocycles. The highest BCUT2D eigenvalue weighted by atomic mass is 16.4. The zero-order valence-corrected chi connectivity index (χ0v) is 7.51. The topological polar surface area (TPSA) is 80.9 Å². The van der Waals surface area contributed by atoms with Crippen LogP contribution in [0, 0.1) is 0 Å². The number of carboxylic acid groups (broad SMARTS) is 1. The lowest BCUT2D eigenvalue weighted by molar-refractivity contribution is -0.136. The lowest BCUT2D eigenvalue weighted by Crippen LogP contribution is -2.02. The molecule has 0 unspecified atom stereocenters. The Morgan fingerprint density at radius 3 is 2.93 bits per heavy atom. The SMILES string of the molecule is Cn1nc(CC(=O)O)c2nccnc21. The summed E-state index contributed by atoms with van der Waals surface area (Å²) >= 11 is 0. The van der Waals surface area contributed by atoms with E-state index < -0.39 is 5.97 Å². The summed E-state index contributed by atoms with van der Waals surface area (Å²) in [6.07, 6.45) is 2.94. The molecule has 14 heavy (non-hydrogen) atoms. The van der Waals surface area contributed by atoms with Crippen molar-refractivity contribution >= 4 is 17.1 Å². The molecule has 2 heterocycles. The van der Waals surface area contributed by atoms with E-state index in [4.69, 9.17) is 5.11 Å². The third kappa shape index (κ3) is 1.30. The van der Waals surface area contributed by atoms with Crippen LogP contribution in [0.5, 0.6) is 0 Å². The summed E-state index contributed by atoms with van der Waals surface area (Å²) in [4.78, 5) is 18.6. The number of aromatic nitrogens is 4. The molecule has 1 N–H and O–H groups in total. The van der Waals surface area contributed by atoms with Gasteiger partial charge in [-0.2, -0.15) is 5.10 Å². The molecule has 0 spiro atoms. The predicted octanol–water partition coefficient (Wildman–Crippen LogP) is -0.00960. The Hall–Kier alpha value is -1.98. The van der Waals surface area contributed by atoms with Crippen LogP contribution in [-0.4, -0.2) is 30.8 Å². The van der Waals surface area contributed by atoms with Gasteiger partial charge >= 0.3 is 5.97 Å². The van der Waals surface area contributed by atoms with Crippen LogP contribution in [0.15, 0.2) is 12.4 Å². The number of fused-ring (bicyclic) bond motifs is 1. The van der Waals surface area contributed by atoms with Gasteiger partial charge in [0.25, 0.3) is 0 Å². The van der Waals surface area contributed by atoms with Gasteiger partial charge in [-0.25, -0.2) is 14.6 Å². The maximum absolute atomic E-state index is 10.5. The third-order valence-electron chi connectivity index (χ3n) is 1.85. The molecule has 2 aromatic heterocycles. The van der Waals surface area contributed by atoms with E-state index in [1.54, 1.807) is 13.2 Å². The molecule has 0 bridgehead atoms. The van der Waals surface area contributed by atoms with Crippen molar-refractivity contribution in [2.45, 2.75) is 6.42 Å². The Labute approximate surface area is 79.2 Å². The summed E-state index contributed by atoms with van der Waals surface area (Å²) in [5, 5.41) is 12.7. The summed E-state index contributed by atoms with van der Waals surface area (Å²) in [5.74, 6) is -0.921. The lowest BCUT2D eigenvalue weighted by Gasteiger charge is -1.89. The van der Waals surface area contributed by atoms with Crippen molar-refractivity contribution in [2.75, 3.05) is 0 Å². The van der Waals surface area contributed by atoms with E-state index in [0.29, 0.717) is 16.9 Å². The number of hydrogen-bond acceptors (Lipinski definition) is 4. The minimum Gasteiger partial charge on any atom is -0.481 e. The van der Waals surface area contributed by atoms with Crippen molar-refractivity contribution in [3.05, 3.63) is 18.1 Å². The summed E-state index contributed by atoms with van der Waals surface area (Å²) in [7, 11) is 1.71. The first-order valence-corrected chi connectivity index (χ1v) is 4.03. The second-order valence-electron chi connectivity index (χ2n) is 2.87. The standard InChI is InChI=1S/C8H8N4O2/c1-12-8-7(9-2-3-10-8)5(11-12)4-6(13)14/h2-3H,4H2,1H3,(H,13,14). The number of nitrogens with zero attached hydrogens (tertiary/aromatic N) is 4. The van der Waals surface area contributed by atoms with Crippen LogP contribution in [-0.2, 0) is 18.3 Å². The van der Waals surface area contributed by atoms with E-state index in [0.717, 1.165) is 0 Å². The fraction of sp³-hybridized carbons (Fsp3) is 0.250. The molecule has 2 aromatic rings. The molecule has 0 amide bonds. The van der Waals surface area contributed by atoms with Gasteiger partial charge in [0, 0.05) is 19.4 Å². The molecular weight excluding hydrogens is 184 g/mol. The van der Waals surface area contributed by atoms with Crippen molar-refractivity contribution in [3.8, 4) is 0 Å². The first-order chi connectivity index (χ1) is 6.68. The smallest absolute Gasteiger partial charge is 0.309 e. The first-order valence-electron chi connectivity index (χ1n) is 4.03. The van der Waals surface area contributed by atoms with E-state index in [-0.39, 0.29) is 6.42 Å². The largest absolute Gasteiger partial charge is 0.481 e. The van der Waals surface area contributed by atoms with Gasteiger partial charge in [0.05, 0.1) is 6.42 Å². The number of aliphatic carboxylic acids is 1. The van der Waals surface area contributed by atoms with Crippen LogP contribution in [0.1, 0.15) is 5.69 Å². The Bertz CT molecular complexity index is 491. The maximum atomic E-state index is 10.5. The van der Waals surface area contributed by atoms with Gasteiger partial charge in [-0.1, -0.05) is 0 Å². The average Bonchev–Trinajstić information content (AvgIpc) is 2.44. The molecule has 0 fully saturated rings. The Kier molecular flexibility index (Phi) is 1.88. The quantitative estimate of drug-likeness (QED) is 0.723. The zero-order chi connectivity index (χ0) is 10.1. The molecule has 6 heteroatoms. The van der Waals surface area contributed by atoms with Crippen LogP contribution < -0.4 is 0 Å². The van der Waals surface area contributed by atoms with E-state index in [1.165, 1.54) is 10.9 Å². The van der Waals surface area contributed by atoms with E-state index in [2.05, 4.69) is 15.1 Å². The molecule has 6 nitrogen and oxygen atoms in total. The molecule has 0 saturated heterocycles. The Morgan fingerprint density at radius 2 is 2.21 bits per heavy atom. The average molecular weight is 192 g/mol. The third-order valence-corrected chi connectivity index (χ3v) is 1.85. The van der Waals surface area contributed by atoms with E-state index in [9.17, 15) is 4.79 Å². The number of hydrogen-bond donors (Lipinski definition) is 1. The second-order valence-corrected chi connectivity index (χ2v) is 2.87. The number of carboxylic acids is 1. The van der Waals surface area contributed by atoms with Crippen molar-refractivity contribution in [1.82, 2.24) is 19.7 Å². The predicted molar refractivity (Wildman–Crippen MR) is 47.6 cm³/mol. The fourth-order valence-corrected chi connectivity index (χ4v) is 1.31. The highest BCUT2D eigenvalue weighted by Crippen LogP contribution is 2.12. The summed E-state index contributed by atoms with van der Waals surface area (Å²) in [5.41, 5.74) is 1.60. The van der Waals surface area contributed by atoms with Gasteiger partial charge in [0.1, 0.15) is 11.2 Å². The molecular formula is C8H8N4O2. The molecule has 0 radical (unpaired) electrons. The van der Waals surface area contributed by atoms with Crippen LogP contribution >= 0.6 is 0 Å². The summed E-state index contributed by atoms with van der Waals surface area (Å²) < 4.78 is 1.53. The maximum Gasteiger partial charge on any atom is 0.309 e. The molecule has 0 aromatic carbocycles. The second kappa shape index (κ2) is 3.06. The van der Waals surface area contributed by atoms with Crippen LogP contribution in [0.3, 0.4) is 0 Å². The molecule has 0 saturated carbocycles. The fourth-order valence-electron chi connectivity index (χ4n) is 1.31. The van der Waals surface area contributed by atoms with Crippen LogP contribution in [0.2, 0.25) is 0 Å². The monoisotopic (exact) mass is 192 g/mol. The van der Waals surface area contributed by atoms with Crippen molar-refractivity contribution in [3.63, 3.8) is 0 Å². The van der Waals surface area contributed by atoms with Crippen LogP contribution in [0.25, 0.3) is 11.2 Å². The Morgan fingerprint density at radius 1 is 1.50 bits per heavy atom. The highest BCUT2D eigenvalue weighted by molar-refractivity contribution is 5.79. The molecule has 0 aliphatic carbocycles. The minimum absolute atomic E-state index is 0.129. The van der Waals surface area contributed by atoms with Crippen molar-refractivity contribution < 1.29 is 9.90 Å². The molecule has 72 valence electrons. The van der Waals surface area contributed by atoms with Gasteiger partial charge in [-0.3, -0.25) is 4.79 Å². The van der Waals surface area contributed by atoms with E-state index >= 15 is 0 Å². The molecule has 0 aliphatic rings. The van der Waals surface area contributed by atoms with Gasteiger partial charge in [0.2, 0.25) is 0 Å². The zero-order valence-electron chi connectivity index (χ0n) is 7.51. The van der Waals surface area contributed by atoms with Crippen molar-refractivity contribution in [2.24, 2.45) is 7.05 Å². The van der Waals surface area contributed by atoms with Gasteiger partial charge in [0.15, 0.2) is 5.65 Å². The van der Waals surface area contributed by atoms with Crippen molar-refractivity contribution in [1.29, 1.82) is 0 Å². The van der Waals surface area contributed by atoms with Gasteiger partial charge in [-0.15, -0.1) is 0 Å². The highest BCUT2D eigenvalue weighted by Gasteiger charge is 2.12. The molecule has 2 rings (SSSR count). The lowest BCUT2D eigenvalue weighted by atomic mass is 10.3. The number of aryl methyl sites for hydroxylation is 1. The van der Waals surface area contributed by atoms with Gasteiger partial charge < -0.3 is 5.11 Å². The first kappa shape index (κ1) is 8.61.